The first-order valence-electron chi connectivity index (χ1n) is 12.0. The molecule has 6 rings (SSSR count). The minimum Gasteiger partial charge on any atom is -0.338 e. The molecule has 2 amide bonds. The monoisotopic (exact) mass is 471 g/mol. The Kier molecular flexibility index (Phi) is 5.03. The van der Waals surface area contributed by atoms with E-state index >= 15 is 0 Å². The molecule has 0 aliphatic carbocycles. The van der Waals surface area contributed by atoms with E-state index in [4.69, 9.17) is 0 Å². The fraction of sp³-hybridized carbons (Fsp3) is 0.346. The van der Waals surface area contributed by atoms with E-state index in [2.05, 4.69) is 33.0 Å². The number of nitrogens with one attached hydrogen (secondary N) is 2. The van der Waals surface area contributed by atoms with Crippen molar-refractivity contribution in [2.45, 2.75) is 31.8 Å². The Labute approximate surface area is 204 Å². The number of carbonyl (C=O) groups is 2. The third-order valence-corrected chi connectivity index (χ3v) is 7.50. The summed E-state index contributed by atoms with van der Waals surface area (Å²) in [4.78, 5) is 33.3. The molecule has 1 aromatic heterocycles. The Hall–Kier alpha value is -3.85. The van der Waals surface area contributed by atoms with Crippen LogP contribution in [0.5, 0.6) is 0 Å². The first-order valence-corrected chi connectivity index (χ1v) is 12.0. The van der Waals surface area contributed by atoms with E-state index in [0.717, 1.165) is 28.5 Å². The molecule has 35 heavy (non-hydrogen) atoms. The number of hydrogen-bond donors (Lipinski definition) is 2. The molecule has 3 aliphatic heterocycles. The maximum Gasteiger partial charge on any atom is 0.255 e. The smallest absolute Gasteiger partial charge is 0.255 e. The SMILES string of the molecule is Cc1cc(N2CN(c3ccccc3)C3(CCN(C(=O)c4ccc5c(c4)CNN5)CC3)C2=O)n(C)n1. The molecule has 0 atom stereocenters. The molecule has 2 N–H and O–H groups in total. The number of rotatable bonds is 3. The van der Waals surface area contributed by atoms with Crippen molar-refractivity contribution in [3.63, 3.8) is 0 Å². The summed E-state index contributed by atoms with van der Waals surface area (Å²) in [5.74, 6) is 0.890. The van der Waals surface area contributed by atoms with Crippen LogP contribution in [-0.2, 0) is 18.4 Å². The lowest BCUT2D eigenvalue weighted by Crippen LogP contribution is -2.57. The normalized spacial score (nSPS) is 18.8. The summed E-state index contributed by atoms with van der Waals surface area (Å²) in [6.45, 7) is 4.15. The van der Waals surface area contributed by atoms with Gasteiger partial charge >= 0.3 is 0 Å². The molecule has 4 heterocycles. The van der Waals surface area contributed by atoms with Crippen LogP contribution in [0.1, 0.15) is 34.5 Å². The van der Waals surface area contributed by atoms with E-state index < -0.39 is 5.54 Å². The Balaban J connectivity index is 1.28. The van der Waals surface area contributed by atoms with Crippen LogP contribution in [0.2, 0.25) is 0 Å². The van der Waals surface area contributed by atoms with Crippen LogP contribution in [0, 0.1) is 6.92 Å². The maximum absolute atomic E-state index is 14.0. The molecule has 2 fully saturated rings. The molecule has 0 bridgehead atoms. The van der Waals surface area contributed by atoms with Crippen molar-refractivity contribution >= 4 is 29.0 Å². The van der Waals surface area contributed by atoms with E-state index in [1.807, 2.05) is 66.2 Å². The molecule has 180 valence electrons. The van der Waals surface area contributed by atoms with Gasteiger partial charge in [0.15, 0.2) is 0 Å². The van der Waals surface area contributed by atoms with Gasteiger partial charge in [-0.3, -0.25) is 19.2 Å². The topological polar surface area (TPSA) is 85.7 Å². The molecule has 1 spiro atoms. The summed E-state index contributed by atoms with van der Waals surface area (Å²) in [6, 6.07) is 17.8. The molecule has 2 aromatic carbocycles. The van der Waals surface area contributed by atoms with Gasteiger partial charge in [-0.1, -0.05) is 18.2 Å². The van der Waals surface area contributed by atoms with Crippen molar-refractivity contribution < 1.29 is 9.59 Å². The second-order valence-corrected chi connectivity index (χ2v) is 9.58. The third-order valence-electron chi connectivity index (χ3n) is 7.50. The van der Waals surface area contributed by atoms with E-state index in [1.54, 1.807) is 4.68 Å². The highest BCUT2D eigenvalue weighted by molar-refractivity contribution is 6.06. The van der Waals surface area contributed by atoms with Crippen molar-refractivity contribution in [2.24, 2.45) is 7.05 Å². The number of nitrogens with zero attached hydrogens (tertiary/aromatic N) is 5. The second kappa shape index (κ2) is 8.13. The molecule has 0 unspecified atom stereocenters. The standard InChI is InChI=1S/C26H29N7O2/c1-18-14-23(30(2)29-18)32-17-33(21-6-4-3-5-7-21)26(25(32)35)10-12-31(13-11-26)24(34)19-8-9-22-20(15-19)16-27-28-22/h3-9,14-15,27-28H,10-13,16-17H2,1-2H3. The number of piperidine rings is 1. The zero-order valence-corrected chi connectivity index (χ0v) is 20.0. The number of anilines is 3. The number of aromatic nitrogens is 2. The number of fused-ring (bicyclic) bond motifs is 1. The summed E-state index contributed by atoms with van der Waals surface area (Å²) in [5, 5.41) is 4.46. The van der Waals surface area contributed by atoms with Crippen molar-refractivity contribution in [3.8, 4) is 0 Å². The van der Waals surface area contributed by atoms with Crippen LogP contribution in [0.4, 0.5) is 17.2 Å². The highest BCUT2D eigenvalue weighted by Gasteiger charge is 2.55. The molecule has 0 radical (unpaired) electrons. The molecule has 2 saturated heterocycles. The average molecular weight is 472 g/mol. The number of para-hydroxylation sites is 1. The highest BCUT2D eigenvalue weighted by Crippen LogP contribution is 2.41. The number of hydrogen-bond acceptors (Lipinski definition) is 6. The van der Waals surface area contributed by atoms with Crippen LogP contribution in [-0.4, -0.2) is 51.8 Å². The Bertz CT molecular complexity index is 1290. The lowest BCUT2D eigenvalue weighted by molar-refractivity contribution is -0.123. The summed E-state index contributed by atoms with van der Waals surface area (Å²) >= 11 is 0. The van der Waals surface area contributed by atoms with E-state index in [1.165, 1.54) is 0 Å². The fourth-order valence-corrected chi connectivity index (χ4v) is 5.65. The van der Waals surface area contributed by atoms with Gasteiger partial charge in [-0.2, -0.15) is 5.10 Å². The van der Waals surface area contributed by atoms with Gasteiger partial charge in [-0.15, -0.1) is 0 Å². The lowest BCUT2D eigenvalue weighted by atomic mass is 9.85. The van der Waals surface area contributed by atoms with E-state index in [0.29, 0.717) is 44.7 Å². The average Bonchev–Trinajstić information content (AvgIpc) is 3.56. The molecule has 3 aliphatic rings. The molecular weight excluding hydrogens is 442 g/mol. The molecule has 0 saturated carbocycles. The summed E-state index contributed by atoms with van der Waals surface area (Å²) in [5.41, 5.74) is 10.2. The number of likely N-dealkylation sites (tertiary alicyclic amines) is 1. The van der Waals surface area contributed by atoms with Crippen molar-refractivity contribution in [2.75, 3.05) is 35.0 Å². The quantitative estimate of drug-likeness (QED) is 0.611. The zero-order chi connectivity index (χ0) is 24.2. The van der Waals surface area contributed by atoms with Gasteiger partial charge in [0, 0.05) is 44.0 Å². The van der Waals surface area contributed by atoms with Gasteiger partial charge in [0.1, 0.15) is 18.0 Å². The molecule has 9 heteroatoms. The lowest BCUT2D eigenvalue weighted by Gasteiger charge is -2.43. The fourth-order valence-electron chi connectivity index (χ4n) is 5.65. The third kappa shape index (κ3) is 3.46. The maximum atomic E-state index is 14.0. The van der Waals surface area contributed by atoms with Crippen LogP contribution in [0.3, 0.4) is 0 Å². The molecule has 3 aromatic rings. The number of amides is 2. The van der Waals surface area contributed by atoms with Crippen LogP contribution in [0.15, 0.2) is 54.6 Å². The summed E-state index contributed by atoms with van der Waals surface area (Å²) in [7, 11) is 1.87. The summed E-state index contributed by atoms with van der Waals surface area (Å²) in [6.07, 6.45) is 1.15. The van der Waals surface area contributed by atoms with Gasteiger partial charge in [-0.25, -0.2) is 5.43 Å². The summed E-state index contributed by atoms with van der Waals surface area (Å²) < 4.78 is 1.77. The number of carbonyl (C=O) groups excluding carboxylic acids is 2. The second-order valence-electron chi connectivity index (χ2n) is 9.58. The molecule has 9 nitrogen and oxygen atoms in total. The van der Waals surface area contributed by atoms with Gasteiger partial charge in [-0.05, 0) is 55.7 Å². The van der Waals surface area contributed by atoms with Crippen molar-refractivity contribution in [3.05, 3.63) is 71.4 Å². The predicted molar refractivity (Wildman–Crippen MR) is 134 cm³/mol. The zero-order valence-electron chi connectivity index (χ0n) is 20.0. The molecular formula is C26H29N7O2. The van der Waals surface area contributed by atoms with E-state index in [-0.39, 0.29) is 11.8 Å². The van der Waals surface area contributed by atoms with Crippen molar-refractivity contribution in [1.29, 1.82) is 0 Å². The minimum absolute atomic E-state index is 0.0189. The van der Waals surface area contributed by atoms with Crippen LogP contribution in [0.25, 0.3) is 0 Å². The first kappa shape index (κ1) is 21.7. The van der Waals surface area contributed by atoms with Crippen molar-refractivity contribution in [1.82, 2.24) is 20.1 Å². The largest absolute Gasteiger partial charge is 0.338 e. The van der Waals surface area contributed by atoms with Crippen LogP contribution >= 0.6 is 0 Å². The Morgan fingerprint density at radius 3 is 2.54 bits per heavy atom. The van der Waals surface area contributed by atoms with Crippen LogP contribution < -0.4 is 20.7 Å². The number of benzene rings is 2. The van der Waals surface area contributed by atoms with Gasteiger partial charge in [0.2, 0.25) is 0 Å². The predicted octanol–water partition coefficient (Wildman–Crippen LogP) is 2.64. The first-order chi connectivity index (χ1) is 17.0. The van der Waals surface area contributed by atoms with E-state index in [9.17, 15) is 9.59 Å². The van der Waals surface area contributed by atoms with Gasteiger partial charge in [0.05, 0.1) is 11.4 Å². The Morgan fingerprint density at radius 2 is 1.83 bits per heavy atom. The Morgan fingerprint density at radius 1 is 1.06 bits per heavy atom. The highest BCUT2D eigenvalue weighted by atomic mass is 16.2. The number of aryl methyl sites for hydroxylation is 2. The minimum atomic E-state index is -0.692. The van der Waals surface area contributed by atoms with Gasteiger partial charge < -0.3 is 15.2 Å². The number of hydrazine groups is 1. The van der Waals surface area contributed by atoms with Gasteiger partial charge in [0.25, 0.3) is 11.8 Å².